The van der Waals surface area contributed by atoms with E-state index in [-0.39, 0.29) is 5.91 Å². The minimum Gasteiger partial charge on any atom is -0.351 e. The lowest BCUT2D eigenvalue weighted by molar-refractivity contribution is 0.0950. The second-order valence-corrected chi connectivity index (χ2v) is 1.95. The van der Waals surface area contributed by atoms with Gasteiger partial charge in [0, 0.05) is 12.7 Å². The van der Waals surface area contributed by atoms with Crippen molar-refractivity contribution in [1.82, 2.24) is 15.3 Å². The summed E-state index contributed by atoms with van der Waals surface area (Å²) in [6.45, 7) is 2.47. The highest BCUT2D eigenvalue weighted by Gasteiger charge is 2.02. The number of nitrogens with one attached hydrogen (secondary N) is 1. The molecule has 0 unspecified atom stereocenters. The quantitative estimate of drug-likeness (QED) is 0.658. The maximum atomic E-state index is 11.0. The largest absolute Gasteiger partial charge is 0.351 e. The zero-order valence-electron chi connectivity index (χ0n) is 6.24. The highest BCUT2D eigenvalue weighted by molar-refractivity contribution is 5.91. The van der Waals surface area contributed by atoms with Crippen LogP contribution in [0.15, 0.2) is 18.6 Å². The normalized spacial score (nSPS) is 9.18. The summed E-state index contributed by atoms with van der Waals surface area (Å²) < 4.78 is 0. The lowest BCUT2D eigenvalue weighted by atomic mass is 10.4. The average molecular weight is 151 g/mol. The molecular formula is C7H9N3O. The molecule has 1 aromatic rings. The summed E-state index contributed by atoms with van der Waals surface area (Å²) in [5.41, 5.74) is 0.404. The van der Waals surface area contributed by atoms with Gasteiger partial charge in [-0.3, -0.25) is 4.79 Å². The molecule has 58 valence electrons. The fourth-order valence-electron chi connectivity index (χ4n) is 0.676. The zero-order valence-corrected chi connectivity index (χ0v) is 6.24. The van der Waals surface area contributed by atoms with Gasteiger partial charge in [0.25, 0.3) is 5.91 Å². The Labute approximate surface area is 64.7 Å². The third kappa shape index (κ3) is 2.00. The third-order valence-electron chi connectivity index (χ3n) is 1.15. The molecule has 1 heterocycles. The van der Waals surface area contributed by atoms with Crippen LogP contribution in [0.25, 0.3) is 0 Å². The Balaban J connectivity index is 2.69. The van der Waals surface area contributed by atoms with Crippen LogP contribution in [-0.2, 0) is 0 Å². The molecule has 0 fully saturated rings. The first-order chi connectivity index (χ1) is 5.34. The van der Waals surface area contributed by atoms with Crippen molar-refractivity contribution in [1.29, 1.82) is 0 Å². The van der Waals surface area contributed by atoms with Crippen molar-refractivity contribution < 1.29 is 4.79 Å². The van der Waals surface area contributed by atoms with E-state index in [1.54, 1.807) is 6.07 Å². The summed E-state index contributed by atoms with van der Waals surface area (Å²) in [5, 5.41) is 2.63. The molecule has 1 rings (SSSR count). The molecule has 0 saturated heterocycles. The molecule has 1 N–H and O–H groups in total. The number of carbonyl (C=O) groups is 1. The lowest BCUT2D eigenvalue weighted by Crippen LogP contribution is -2.23. The molecule has 0 spiro atoms. The van der Waals surface area contributed by atoms with Gasteiger partial charge in [-0.25, -0.2) is 9.97 Å². The molecule has 0 saturated carbocycles. The van der Waals surface area contributed by atoms with E-state index in [4.69, 9.17) is 0 Å². The predicted molar refractivity (Wildman–Crippen MR) is 40.0 cm³/mol. The highest BCUT2D eigenvalue weighted by Crippen LogP contribution is 1.88. The van der Waals surface area contributed by atoms with Crippen LogP contribution in [-0.4, -0.2) is 22.4 Å². The first kappa shape index (κ1) is 7.65. The lowest BCUT2D eigenvalue weighted by Gasteiger charge is -1.98. The van der Waals surface area contributed by atoms with Crippen LogP contribution in [0.4, 0.5) is 0 Å². The second kappa shape index (κ2) is 3.65. The molecule has 0 atom stereocenters. The van der Waals surface area contributed by atoms with E-state index < -0.39 is 0 Å². The van der Waals surface area contributed by atoms with E-state index in [1.165, 1.54) is 12.5 Å². The van der Waals surface area contributed by atoms with Crippen molar-refractivity contribution >= 4 is 5.91 Å². The van der Waals surface area contributed by atoms with E-state index in [2.05, 4.69) is 15.3 Å². The van der Waals surface area contributed by atoms with E-state index in [9.17, 15) is 4.79 Å². The van der Waals surface area contributed by atoms with Gasteiger partial charge in [0.15, 0.2) is 0 Å². The molecular weight excluding hydrogens is 142 g/mol. The Bertz CT molecular complexity index is 235. The number of nitrogens with zero attached hydrogens (tertiary/aromatic N) is 2. The molecule has 0 aliphatic rings. The van der Waals surface area contributed by atoms with Crippen LogP contribution >= 0.6 is 0 Å². The second-order valence-electron chi connectivity index (χ2n) is 1.95. The Kier molecular flexibility index (Phi) is 2.54. The smallest absolute Gasteiger partial charge is 0.269 e. The number of aromatic nitrogens is 2. The van der Waals surface area contributed by atoms with Gasteiger partial charge in [-0.15, -0.1) is 0 Å². The van der Waals surface area contributed by atoms with Gasteiger partial charge in [0.2, 0.25) is 0 Å². The Morgan fingerprint density at radius 2 is 2.55 bits per heavy atom. The molecule has 0 bridgehead atoms. The number of rotatable bonds is 2. The van der Waals surface area contributed by atoms with Crippen LogP contribution in [0.3, 0.4) is 0 Å². The maximum Gasteiger partial charge on any atom is 0.269 e. The molecule has 0 radical (unpaired) electrons. The minimum atomic E-state index is -0.157. The van der Waals surface area contributed by atoms with Gasteiger partial charge in [-0.1, -0.05) is 0 Å². The van der Waals surface area contributed by atoms with E-state index in [1.807, 2.05) is 6.92 Å². The van der Waals surface area contributed by atoms with Gasteiger partial charge in [-0.2, -0.15) is 0 Å². The van der Waals surface area contributed by atoms with E-state index in [0.29, 0.717) is 12.2 Å². The monoisotopic (exact) mass is 151 g/mol. The average Bonchev–Trinajstić information content (AvgIpc) is 2.07. The summed E-state index contributed by atoms with van der Waals surface area (Å²) in [5.74, 6) is -0.157. The summed E-state index contributed by atoms with van der Waals surface area (Å²) in [6.07, 6.45) is 2.89. The van der Waals surface area contributed by atoms with Crippen molar-refractivity contribution in [3.8, 4) is 0 Å². The van der Waals surface area contributed by atoms with Crippen LogP contribution in [0.5, 0.6) is 0 Å². The van der Waals surface area contributed by atoms with Gasteiger partial charge < -0.3 is 5.32 Å². The van der Waals surface area contributed by atoms with Gasteiger partial charge in [-0.05, 0) is 13.0 Å². The minimum absolute atomic E-state index is 0.157. The summed E-state index contributed by atoms with van der Waals surface area (Å²) in [6, 6.07) is 1.57. The number of amides is 1. The SMILES string of the molecule is CCNC(=O)c1ccncn1. The van der Waals surface area contributed by atoms with Crippen molar-refractivity contribution in [3.05, 3.63) is 24.3 Å². The summed E-state index contributed by atoms with van der Waals surface area (Å²) in [7, 11) is 0. The van der Waals surface area contributed by atoms with E-state index in [0.717, 1.165) is 0 Å². The molecule has 4 nitrogen and oxygen atoms in total. The predicted octanol–water partition coefficient (Wildman–Crippen LogP) is 0.226. The zero-order chi connectivity index (χ0) is 8.10. The van der Waals surface area contributed by atoms with E-state index >= 15 is 0 Å². The fourth-order valence-corrected chi connectivity index (χ4v) is 0.676. The molecule has 1 aromatic heterocycles. The standard InChI is InChI=1S/C7H9N3O/c1-2-9-7(11)6-3-4-8-5-10-6/h3-5H,2H2,1H3,(H,9,11). The first-order valence-electron chi connectivity index (χ1n) is 3.38. The van der Waals surface area contributed by atoms with Gasteiger partial charge in [0.05, 0.1) is 0 Å². The van der Waals surface area contributed by atoms with Gasteiger partial charge >= 0.3 is 0 Å². The number of carbonyl (C=O) groups excluding carboxylic acids is 1. The van der Waals surface area contributed by atoms with Crippen LogP contribution in [0.2, 0.25) is 0 Å². The summed E-state index contributed by atoms with van der Waals surface area (Å²) in [4.78, 5) is 18.5. The van der Waals surface area contributed by atoms with Crippen LogP contribution in [0.1, 0.15) is 17.4 Å². The topological polar surface area (TPSA) is 54.9 Å². The molecule has 0 aliphatic heterocycles. The van der Waals surface area contributed by atoms with Crippen molar-refractivity contribution in [2.75, 3.05) is 6.54 Å². The molecule has 0 aromatic carbocycles. The van der Waals surface area contributed by atoms with Crippen LogP contribution < -0.4 is 5.32 Å². The maximum absolute atomic E-state index is 11.0. The first-order valence-corrected chi connectivity index (χ1v) is 3.38. The Hall–Kier alpha value is -1.45. The molecule has 0 aliphatic carbocycles. The third-order valence-corrected chi connectivity index (χ3v) is 1.15. The Morgan fingerprint density at radius 1 is 1.73 bits per heavy atom. The van der Waals surface area contributed by atoms with Crippen molar-refractivity contribution in [2.24, 2.45) is 0 Å². The summed E-state index contributed by atoms with van der Waals surface area (Å²) >= 11 is 0. The molecule has 4 heteroatoms. The van der Waals surface area contributed by atoms with Crippen LogP contribution in [0, 0.1) is 0 Å². The van der Waals surface area contributed by atoms with Crippen molar-refractivity contribution in [2.45, 2.75) is 6.92 Å². The Morgan fingerprint density at radius 3 is 3.09 bits per heavy atom. The molecule has 11 heavy (non-hydrogen) atoms. The van der Waals surface area contributed by atoms with Crippen molar-refractivity contribution in [3.63, 3.8) is 0 Å². The fraction of sp³-hybridized carbons (Fsp3) is 0.286. The highest BCUT2D eigenvalue weighted by atomic mass is 16.1. The number of hydrogen-bond donors (Lipinski definition) is 1. The molecule has 1 amide bonds. The number of hydrogen-bond acceptors (Lipinski definition) is 3. The van der Waals surface area contributed by atoms with Gasteiger partial charge in [0.1, 0.15) is 12.0 Å².